The van der Waals surface area contributed by atoms with Gasteiger partial charge in [0.1, 0.15) is 0 Å². The molecular formula is C20H29NO3S. The molecule has 0 aliphatic heterocycles. The lowest BCUT2D eigenvalue weighted by Gasteiger charge is -2.56. The predicted molar refractivity (Wildman–Crippen MR) is 97.8 cm³/mol. The van der Waals surface area contributed by atoms with Crippen LogP contribution in [0.5, 0.6) is 0 Å². The minimum Gasteiger partial charge on any atom is -0.374 e. The van der Waals surface area contributed by atoms with Crippen molar-refractivity contribution in [2.75, 3.05) is 20.2 Å². The van der Waals surface area contributed by atoms with Gasteiger partial charge in [-0.2, -0.15) is 4.31 Å². The molecule has 25 heavy (non-hydrogen) atoms. The van der Waals surface area contributed by atoms with Gasteiger partial charge in [-0.25, -0.2) is 8.42 Å². The van der Waals surface area contributed by atoms with Crippen LogP contribution in [0.3, 0.4) is 0 Å². The predicted octanol–water partition coefficient (Wildman–Crippen LogP) is 3.60. The van der Waals surface area contributed by atoms with Crippen molar-refractivity contribution in [1.82, 2.24) is 4.31 Å². The average molecular weight is 364 g/mol. The number of nitrogens with zero attached hydrogens (tertiary/aromatic N) is 1. The maximum absolute atomic E-state index is 12.7. The summed E-state index contributed by atoms with van der Waals surface area (Å²) in [6.45, 7) is 2.87. The minimum atomic E-state index is -3.43. The van der Waals surface area contributed by atoms with Crippen LogP contribution in [0.1, 0.15) is 44.1 Å². The maximum Gasteiger partial charge on any atom is 0.242 e. The van der Waals surface area contributed by atoms with Crippen molar-refractivity contribution >= 4 is 10.0 Å². The molecule has 4 fully saturated rings. The molecule has 0 atom stereocenters. The van der Waals surface area contributed by atoms with E-state index in [0.29, 0.717) is 18.0 Å². The fourth-order valence-electron chi connectivity index (χ4n) is 5.61. The largest absolute Gasteiger partial charge is 0.374 e. The summed E-state index contributed by atoms with van der Waals surface area (Å²) in [5.74, 6) is 2.54. The molecule has 1 aromatic carbocycles. The third kappa shape index (κ3) is 3.38. The van der Waals surface area contributed by atoms with E-state index in [1.807, 2.05) is 19.1 Å². The number of hydrogen-bond donors (Lipinski definition) is 0. The van der Waals surface area contributed by atoms with Gasteiger partial charge in [0.25, 0.3) is 0 Å². The standard InChI is InChI=1S/C20H29NO3S/c1-15-3-5-19(6-4-15)25(22,23)21(2)7-8-24-20-12-16-9-17(13-20)11-18(10-16)14-20/h3-6,16-18H,7-14H2,1-2H3. The lowest BCUT2D eigenvalue weighted by atomic mass is 9.54. The molecule has 4 nitrogen and oxygen atoms in total. The smallest absolute Gasteiger partial charge is 0.242 e. The monoisotopic (exact) mass is 363 g/mol. The van der Waals surface area contributed by atoms with Crippen molar-refractivity contribution in [2.45, 2.75) is 55.9 Å². The van der Waals surface area contributed by atoms with E-state index < -0.39 is 10.0 Å². The van der Waals surface area contributed by atoms with E-state index in [1.54, 1.807) is 19.2 Å². The molecule has 0 heterocycles. The zero-order valence-electron chi connectivity index (χ0n) is 15.3. The molecule has 4 bridgehead atoms. The summed E-state index contributed by atoms with van der Waals surface area (Å²) in [6.07, 6.45) is 7.74. The molecule has 0 aromatic heterocycles. The molecule has 4 saturated carbocycles. The highest BCUT2D eigenvalue weighted by Gasteiger charge is 2.51. The molecule has 0 unspecified atom stereocenters. The second-order valence-corrected chi connectivity index (χ2v) is 10.6. The van der Waals surface area contributed by atoms with Gasteiger partial charge in [-0.3, -0.25) is 0 Å². The number of hydrogen-bond acceptors (Lipinski definition) is 3. The Labute approximate surface area is 151 Å². The molecule has 1 aromatic rings. The first-order valence-electron chi connectivity index (χ1n) is 9.53. The highest BCUT2D eigenvalue weighted by Crippen LogP contribution is 2.57. The van der Waals surface area contributed by atoms with Gasteiger partial charge in [0, 0.05) is 13.6 Å². The lowest BCUT2D eigenvalue weighted by molar-refractivity contribution is -0.162. The molecule has 138 valence electrons. The summed E-state index contributed by atoms with van der Waals surface area (Å²) >= 11 is 0. The summed E-state index contributed by atoms with van der Waals surface area (Å²) in [4.78, 5) is 0.357. The van der Waals surface area contributed by atoms with Crippen molar-refractivity contribution in [3.8, 4) is 0 Å². The van der Waals surface area contributed by atoms with Crippen LogP contribution in [-0.2, 0) is 14.8 Å². The van der Waals surface area contributed by atoms with Gasteiger partial charge in [0.05, 0.1) is 17.1 Å². The zero-order chi connectivity index (χ0) is 17.7. The Kier molecular flexibility index (Phi) is 4.45. The maximum atomic E-state index is 12.7. The molecule has 0 amide bonds. The van der Waals surface area contributed by atoms with Crippen LogP contribution in [0.4, 0.5) is 0 Å². The van der Waals surface area contributed by atoms with Gasteiger partial charge in [-0.05, 0) is 75.3 Å². The molecule has 5 heteroatoms. The first kappa shape index (κ1) is 17.5. The summed E-state index contributed by atoms with van der Waals surface area (Å²) < 4.78 is 33.1. The third-order valence-corrected chi connectivity index (χ3v) is 8.40. The fraction of sp³-hybridized carbons (Fsp3) is 0.700. The van der Waals surface area contributed by atoms with E-state index in [9.17, 15) is 8.42 Å². The molecule has 0 spiro atoms. The van der Waals surface area contributed by atoms with E-state index in [1.165, 1.54) is 42.8 Å². The SMILES string of the molecule is Cc1ccc(S(=O)(=O)N(C)CCOC23CC4CC(CC(C4)C2)C3)cc1. The highest BCUT2D eigenvalue weighted by atomic mass is 32.2. The summed E-state index contributed by atoms with van der Waals surface area (Å²) in [7, 11) is -1.78. The second-order valence-electron chi connectivity index (χ2n) is 8.59. The Bertz CT molecular complexity index is 691. The van der Waals surface area contributed by atoms with Gasteiger partial charge in [0.15, 0.2) is 0 Å². The van der Waals surface area contributed by atoms with Gasteiger partial charge >= 0.3 is 0 Å². The minimum absolute atomic E-state index is 0.0449. The Morgan fingerprint density at radius 2 is 1.56 bits per heavy atom. The lowest BCUT2D eigenvalue weighted by Crippen LogP contribution is -2.52. The fourth-order valence-corrected chi connectivity index (χ4v) is 6.76. The van der Waals surface area contributed by atoms with Crippen molar-refractivity contribution in [2.24, 2.45) is 17.8 Å². The molecule has 4 aliphatic carbocycles. The Morgan fingerprint density at radius 3 is 2.08 bits per heavy atom. The van der Waals surface area contributed by atoms with Crippen molar-refractivity contribution in [1.29, 1.82) is 0 Å². The van der Waals surface area contributed by atoms with E-state index in [2.05, 4.69) is 0 Å². The van der Waals surface area contributed by atoms with Crippen LogP contribution >= 0.6 is 0 Å². The van der Waals surface area contributed by atoms with Crippen molar-refractivity contribution in [3.05, 3.63) is 29.8 Å². The number of rotatable bonds is 6. The van der Waals surface area contributed by atoms with Gasteiger partial charge in [0.2, 0.25) is 10.0 Å². The molecular weight excluding hydrogens is 334 g/mol. The third-order valence-electron chi connectivity index (χ3n) is 6.53. The molecule has 4 aliphatic rings. The summed E-state index contributed by atoms with van der Waals surface area (Å²) in [6, 6.07) is 7.04. The van der Waals surface area contributed by atoms with Gasteiger partial charge in [-0.1, -0.05) is 17.7 Å². The van der Waals surface area contributed by atoms with E-state index >= 15 is 0 Å². The topological polar surface area (TPSA) is 46.6 Å². The highest BCUT2D eigenvalue weighted by molar-refractivity contribution is 7.89. The number of likely N-dealkylation sites (N-methyl/N-ethyl adjacent to an activating group) is 1. The Hall–Kier alpha value is -0.910. The van der Waals surface area contributed by atoms with Crippen LogP contribution in [0.2, 0.25) is 0 Å². The molecule has 5 rings (SSSR count). The van der Waals surface area contributed by atoms with Gasteiger partial charge < -0.3 is 4.74 Å². The Balaban J connectivity index is 1.36. The van der Waals surface area contributed by atoms with Crippen LogP contribution < -0.4 is 0 Å². The molecule has 0 N–H and O–H groups in total. The Morgan fingerprint density at radius 1 is 1.04 bits per heavy atom. The van der Waals surface area contributed by atoms with E-state index in [-0.39, 0.29) is 5.60 Å². The van der Waals surface area contributed by atoms with E-state index in [0.717, 1.165) is 23.3 Å². The molecule has 0 saturated heterocycles. The quantitative estimate of drug-likeness (QED) is 0.776. The first-order chi connectivity index (χ1) is 11.9. The number of sulfonamides is 1. The van der Waals surface area contributed by atoms with Crippen molar-refractivity contribution in [3.63, 3.8) is 0 Å². The second kappa shape index (κ2) is 6.36. The first-order valence-corrected chi connectivity index (χ1v) is 11.0. The van der Waals surface area contributed by atoms with Crippen LogP contribution in [-0.4, -0.2) is 38.5 Å². The molecule has 0 radical (unpaired) electrons. The number of ether oxygens (including phenoxy) is 1. The number of benzene rings is 1. The normalized spacial score (nSPS) is 34.0. The van der Waals surface area contributed by atoms with Gasteiger partial charge in [-0.15, -0.1) is 0 Å². The van der Waals surface area contributed by atoms with Crippen molar-refractivity contribution < 1.29 is 13.2 Å². The van der Waals surface area contributed by atoms with Crippen LogP contribution in [0, 0.1) is 24.7 Å². The van der Waals surface area contributed by atoms with Crippen LogP contribution in [0.15, 0.2) is 29.2 Å². The zero-order valence-corrected chi connectivity index (χ0v) is 16.1. The summed E-state index contributed by atoms with van der Waals surface area (Å²) in [5, 5.41) is 0. The summed E-state index contributed by atoms with van der Waals surface area (Å²) in [5.41, 5.74) is 1.11. The van der Waals surface area contributed by atoms with E-state index in [4.69, 9.17) is 4.74 Å². The van der Waals surface area contributed by atoms with Crippen LogP contribution in [0.25, 0.3) is 0 Å². The average Bonchev–Trinajstić information content (AvgIpc) is 2.53. The number of aryl methyl sites for hydroxylation is 1.